The molecule has 0 aliphatic rings. The third-order valence-corrected chi connectivity index (χ3v) is 5.09. The van der Waals surface area contributed by atoms with Gasteiger partial charge in [-0.1, -0.05) is 12.1 Å². The third kappa shape index (κ3) is 10.6. The minimum absolute atomic E-state index is 0.153. The van der Waals surface area contributed by atoms with Crippen LogP contribution in [0.15, 0.2) is 48.8 Å². The van der Waals surface area contributed by atoms with Gasteiger partial charge in [0.05, 0.1) is 26.4 Å². The number of carbonyl (C=O) groups is 1. The molecular formula is C26H37N9O3. The molecule has 3 rings (SSSR count). The number of anilines is 3. The van der Waals surface area contributed by atoms with E-state index >= 15 is 0 Å². The van der Waals surface area contributed by atoms with Gasteiger partial charge in [0, 0.05) is 50.2 Å². The van der Waals surface area contributed by atoms with Crippen molar-refractivity contribution in [3.8, 4) is 0 Å². The van der Waals surface area contributed by atoms with Crippen molar-refractivity contribution in [1.29, 1.82) is 0 Å². The molecule has 3 aromatic rings. The van der Waals surface area contributed by atoms with Gasteiger partial charge in [-0.3, -0.25) is 9.78 Å². The zero-order chi connectivity index (χ0) is 27.0. The fourth-order valence-electron chi connectivity index (χ4n) is 3.24. The highest BCUT2D eigenvalue weighted by atomic mass is 16.5. The molecule has 204 valence electrons. The number of carbonyl (C=O) groups excluding carboxylic acids is 1. The second-order valence-electron chi connectivity index (χ2n) is 8.63. The highest BCUT2D eigenvalue weighted by Gasteiger charge is 2.09. The molecule has 12 nitrogen and oxygen atoms in total. The van der Waals surface area contributed by atoms with Gasteiger partial charge in [0.2, 0.25) is 17.8 Å². The van der Waals surface area contributed by atoms with Gasteiger partial charge in [-0.15, -0.1) is 0 Å². The normalized spacial score (nSPS) is 10.8. The summed E-state index contributed by atoms with van der Waals surface area (Å²) in [5.74, 6) is 1.23. The van der Waals surface area contributed by atoms with Crippen LogP contribution in [0.4, 0.5) is 17.8 Å². The highest BCUT2D eigenvalue weighted by molar-refractivity contribution is 5.94. The molecule has 1 amide bonds. The van der Waals surface area contributed by atoms with Crippen LogP contribution in [0.3, 0.4) is 0 Å². The SMILES string of the molecule is CC(C)Nc1nc(NCc2ccncc2)nc(NCc2ccc(C(=O)NCCOCCOCCN)cc2)n1. The number of hydrogen-bond acceptors (Lipinski definition) is 11. The standard InChI is InChI=1S/C26H37N9O3/c1-19(2)32-26-34-24(33-25(35-26)31-18-21-7-10-28-11-8-21)30-17-20-3-5-22(6-4-20)23(36)29-12-14-38-16-15-37-13-9-27/h3-8,10-11,19H,9,12-18,27H2,1-2H3,(H,29,36)(H3,30,31,32,33,34,35). The Morgan fingerprint density at radius 3 is 2.00 bits per heavy atom. The van der Waals surface area contributed by atoms with Crippen molar-refractivity contribution in [2.24, 2.45) is 5.73 Å². The lowest BCUT2D eigenvalue weighted by molar-refractivity contribution is 0.0511. The number of benzene rings is 1. The molecule has 0 unspecified atom stereocenters. The van der Waals surface area contributed by atoms with E-state index in [1.807, 2.05) is 38.1 Å². The molecule has 2 aromatic heterocycles. The summed E-state index contributed by atoms with van der Waals surface area (Å²) in [5, 5.41) is 12.5. The smallest absolute Gasteiger partial charge is 0.251 e. The molecule has 0 radical (unpaired) electrons. The molecule has 12 heteroatoms. The quantitative estimate of drug-likeness (QED) is 0.165. The molecule has 0 aliphatic heterocycles. The summed E-state index contributed by atoms with van der Waals surface area (Å²) in [5.41, 5.74) is 7.98. The number of nitrogens with two attached hydrogens (primary N) is 1. The van der Waals surface area contributed by atoms with Crippen LogP contribution in [0.1, 0.15) is 35.3 Å². The number of pyridine rings is 1. The maximum atomic E-state index is 12.4. The van der Waals surface area contributed by atoms with Crippen molar-refractivity contribution >= 4 is 23.8 Å². The van der Waals surface area contributed by atoms with Gasteiger partial charge in [0.25, 0.3) is 5.91 Å². The predicted octanol–water partition coefficient (Wildman–Crippen LogP) is 2.03. The monoisotopic (exact) mass is 523 g/mol. The number of nitrogens with one attached hydrogen (secondary N) is 4. The van der Waals surface area contributed by atoms with Crippen LogP contribution in [0, 0.1) is 0 Å². The molecule has 0 saturated carbocycles. The lowest BCUT2D eigenvalue weighted by atomic mass is 10.1. The van der Waals surface area contributed by atoms with Gasteiger partial charge < -0.3 is 36.5 Å². The number of hydrogen-bond donors (Lipinski definition) is 5. The predicted molar refractivity (Wildman–Crippen MR) is 147 cm³/mol. The van der Waals surface area contributed by atoms with E-state index < -0.39 is 0 Å². The van der Waals surface area contributed by atoms with E-state index in [-0.39, 0.29) is 11.9 Å². The molecule has 2 heterocycles. The van der Waals surface area contributed by atoms with Crippen molar-refractivity contribution in [3.05, 3.63) is 65.5 Å². The van der Waals surface area contributed by atoms with E-state index in [1.54, 1.807) is 24.5 Å². The Hall–Kier alpha value is -3.87. The Kier molecular flexibility index (Phi) is 12.1. The lowest BCUT2D eigenvalue weighted by Crippen LogP contribution is -2.27. The number of amides is 1. The van der Waals surface area contributed by atoms with Gasteiger partial charge in [-0.25, -0.2) is 0 Å². The summed E-state index contributed by atoms with van der Waals surface area (Å²) in [7, 11) is 0. The molecule has 0 saturated heterocycles. The first-order chi connectivity index (χ1) is 18.5. The fourth-order valence-corrected chi connectivity index (χ4v) is 3.24. The average Bonchev–Trinajstić information content (AvgIpc) is 2.92. The van der Waals surface area contributed by atoms with Crippen LogP contribution >= 0.6 is 0 Å². The summed E-state index contributed by atoms with van der Waals surface area (Å²) in [6.45, 7) is 7.88. The van der Waals surface area contributed by atoms with Crippen molar-refractivity contribution in [3.63, 3.8) is 0 Å². The van der Waals surface area contributed by atoms with Gasteiger partial charge >= 0.3 is 0 Å². The van der Waals surface area contributed by atoms with Gasteiger partial charge in [0.15, 0.2) is 0 Å². The van der Waals surface area contributed by atoms with Gasteiger partial charge in [0.1, 0.15) is 0 Å². The summed E-state index contributed by atoms with van der Waals surface area (Å²) >= 11 is 0. The van der Waals surface area contributed by atoms with E-state index in [9.17, 15) is 4.79 Å². The van der Waals surface area contributed by atoms with Gasteiger partial charge in [-0.05, 0) is 49.2 Å². The maximum Gasteiger partial charge on any atom is 0.251 e. The van der Waals surface area contributed by atoms with Crippen LogP contribution < -0.4 is 27.0 Å². The van der Waals surface area contributed by atoms with E-state index in [4.69, 9.17) is 15.2 Å². The van der Waals surface area contributed by atoms with E-state index in [0.29, 0.717) is 76.0 Å². The van der Waals surface area contributed by atoms with Crippen molar-refractivity contribution in [2.45, 2.75) is 33.0 Å². The topological polar surface area (TPSA) is 161 Å². The lowest BCUT2D eigenvalue weighted by Gasteiger charge is -2.13. The number of aromatic nitrogens is 4. The van der Waals surface area contributed by atoms with E-state index in [1.165, 1.54) is 0 Å². The first kappa shape index (κ1) is 28.7. The number of rotatable bonds is 17. The Balaban J connectivity index is 1.49. The molecule has 38 heavy (non-hydrogen) atoms. The minimum Gasteiger partial charge on any atom is -0.378 e. The van der Waals surface area contributed by atoms with Crippen LogP contribution in [-0.4, -0.2) is 71.4 Å². The van der Waals surface area contributed by atoms with Crippen LogP contribution in [0.25, 0.3) is 0 Å². The molecule has 1 aromatic carbocycles. The van der Waals surface area contributed by atoms with Crippen molar-refractivity contribution < 1.29 is 14.3 Å². The molecule has 0 aliphatic carbocycles. The van der Waals surface area contributed by atoms with Crippen LogP contribution in [0.5, 0.6) is 0 Å². The van der Waals surface area contributed by atoms with Crippen molar-refractivity contribution in [1.82, 2.24) is 25.3 Å². The van der Waals surface area contributed by atoms with E-state index in [0.717, 1.165) is 11.1 Å². The zero-order valence-corrected chi connectivity index (χ0v) is 21.9. The number of ether oxygens (including phenoxy) is 2. The molecule has 0 fully saturated rings. The highest BCUT2D eigenvalue weighted by Crippen LogP contribution is 2.13. The average molecular weight is 524 g/mol. The van der Waals surface area contributed by atoms with Crippen LogP contribution in [-0.2, 0) is 22.6 Å². The summed E-state index contributed by atoms with van der Waals surface area (Å²) < 4.78 is 10.7. The molecule has 0 spiro atoms. The summed E-state index contributed by atoms with van der Waals surface area (Å²) in [6, 6.07) is 11.4. The molecule has 0 atom stereocenters. The van der Waals surface area contributed by atoms with Crippen LogP contribution in [0.2, 0.25) is 0 Å². The van der Waals surface area contributed by atoms with Gasteiger partial charge in [-0.2, -0.15) is 15.0 Å². The number of nitrogens with zero attached hydrogens (tertiary/aromatic N) is 4. The molecule has 6 N–H and O–H groups in total. The largest absolute Gasteiger partial charge is 0.378 e. The molecule has 0 bridgehead atoms. The second kappa shape index (κ2) is 16.1. The Morgan fingerprint density at radius 1 is 0.816 bits per heavy atom. The zero-order valence-electron chi connectivity index (χ0n) is 21.9. The van der Waals surface area contributed by atoms with Crippen molar-refractivity contribution in [2.75, 3.05) is 55.5 Å². The maximum absolute atomic E-state index is 12.4. The third-order valence-electron chi connectivity index (χ3n) is 5.09. The second-order valence-corrected chi connectivity index (χ2v) is 8.63. The minimum atomic E-state index is -0.153. The fraction of sp³-hybridized carbons (Fsp3) is 0.423. The summed E-state index contributed by atoms with van der Waals surface area (Å²) in [6.07, 6.45) is 3.49. The Bertz CT molecular complexity index is 1100. The van der Waals surface area contributed by atoms with E-state index in [2.05, 4.69) is 41.2 Å². The first-order valence-electron chi connectivity index (χ1n) is 12.7. The summed E-state index contributed by atoms with van der Waals surface area (Å²) in [4.78, 5) is 29.8. The first-order valence-corrected chi connectivity index (χ1v) is 12.7. The Morgan fingerprint density at radius 2 is 1.39 bits per heavy atom. The Labute approximate surface area is 223 Å². The molecular weight excluding hydrogens is 486 g/mol.